The van der Waals surface area contributed by atoms with E-state index in [1.807, 2.05) is 74.5 Å². The highest BCUT2D eigenvalue weighted by Gasteiger charge is 2.80. The molecule has 3 aromatic rings. The second-order valence-corrected chi connectivity index (χ2v) is 14.1. The van der Waals surface area contributed by atoms with E-state index >= 15 is 9.59 Å². The number of halogens is 1. The number of fused-ring (bicyclic) bond motifs is 1. The minimum absolute atomic E-state index is 0.129. The zero-order valence-corrected chi connectivity index (χ0v) is 28.8. The van der Waals surface area contributed by atoms with Crippen LogP contribution in [0.3, 0.4) is 0 Å². The van der Waals surface area contributed by atoms with E-state index in [4.69, 9.17) is 16.3 Å². The summed E-state index contributed by atoms with van der Waals surface area (Å²) in [6, 6.07) is 24.4. The Balaban J connectivity index is 1.48. The number of likely N-dealkylation sites (tertiary alicyclic amines) is 1. The number of carbonyl (C=O) groups excluding carboxylic acids is 3. The fourth-order valence-electron chi connectivity index (χ4n) is 8.51. The lowest BCUT2D eigenvalue weighted by Gasteiger charge is -2.39. The smallest absolute Gasteiger partial charge is 0.253 e. The number of hydrogen-bond acceptors (Lipinski definition) is 5. The van der Waals surface area contributed by atoms with Gasteiger partial charge in [-0.2, -0.15) is 0 Å². The molecule has 6 rings (SSSR count). The number of hydrogen-bond donors (Lipinski definition) is 1. The van der Waals surface area contributed by atoms with Gasteiger partial charge in [0.15, 0.2) is 0 Å². The Morgan fingerprint density at radius 2 is 1.59 bits per heavy atom. The minimum Gasteiger partial charge on any atom is -0.394 e. The first-order chi connectivity index (χ1) is 23.6. The van der Waals surface area contributed by atoms with Crippen molar-refractivity contribution in [3.63, 3.8) is 0 Å². The van der Waals surface area contributed by atoms with Crippen LogP contribution >= 0.6 is 11.6 Å². The van der Waals surface area contributed by atoms with Gasteiger partial charge in [-0.3, -0.25) is 14.4 Å². The maximum absolute atomic E-state index is 15.2. The molecule has 3 amide bonds. The fraction of sp³-hybridized carbons (Fsp3) is 0.375. The number of para-hydroxylation sites is 1. The van der Waals surface area contributed by atoms with Gasteiger partial charge in [0, 0.05) is 19.6 Å². The lowest BCUT2D eigenvalue weighted by Crippen LogP contribution is -2.59. The highest BCUT2D eigenvalue weighted by Crippen LogP contribution is 2.66. The molecular weight excluding hydrogens is 638 g/mol. The van der Waals surface area contributed by atoms with Crippen LogP contribution in [-0.4, -0.2) is 75.6 Å². The molecule has 256 valence electrons. The quantitative estimate of drug-likeness (QED) is 0.234. The van der Waals surface area contributed by atoms with Crippen molar-refractivity contribution in [2.75, 3.05) is 24.6 Å². The average molecular weight is 682 g/mol. The van der Waals surface area contributed by atoms with Crippen LogP contribution in [0.1, 0.15) is 31.4 Å². The summed E-state index contributed by atoms with van der Waals surface area (Å²) in [6.07, 6.45) is 4.00. The molecule has 9 heteroatoms. The molecule has 1 spiro atoms. The Bertz CT molecular complexity index is 1720. The Morgan fingerprint density at radius 3 is 2.20 bits per heavy atom. The Morgan fingerprint density at radius 1 is 0.980 bits per heavy atom. The van der Waals surface area contributed by atoms with Crippen molar-refractivity contribution in [3.05, 3.63) is 126 Å². The SMILES string of the molecule is C=CCN(Cc1ccccc1)C(=O)[C@@H]1[C@H]2C(=O)N([C@@H](CO)Cc3ccccc3)C(C(=O)N(CC=C)c3ccccc3Cl)C23CC(C)[C@@]1(C)O3. The number of aliphatic hydroxyl groups is 1. The first-order valence-corrected chi connectivity index (χ1v) is 17.3. The second kappa shape index (κ2) is 13.9. The highest BCUT2D eigenvalue weighted by molar-refractivity contribution is 6.34. The summed E-state index contributed by atoms with van der Waals surface area (Å²) in [4.78, 5) is 49.9. The second-order valence-electron chi connectivity index (χ2n) is 13.7. The van der Waals surface area contributed by atoms with E-state index in [1.165, 1.54) is 9.80 Å². The van der Waals surface area contributed by atoms with E-state index < -0.39 is 41.0 Å². The van der Waals surface area contributed by atoms with Crippen LogP contribution in [0.25, 0.3) is 0 Å². The summed E-state index contributed by atoms with van der Waals surface area (Å²) < 4.78 is 7.05. The Kier molecular flexibility index (Phi) is 9.85. The molecule has 0 aliphatic carbocycles. The summed E-state index contributed by atoms with van der Waals surface area (Å²) >= 11 is 6.66. The molecule has 0 saturated carbocycles. The molecule has 3 aliphatic heterocycles. The van der Waals surface area contributed by atoms with Crippen LogP contribution in [-0.2, 0) is 32.1 Å². The highest BCUT2D eigenvalue weighted by atomic mass is 35.5. The van der Waals surface area contributed by atoms with Gasteiger partial charge in [0.25, 0.3) is 5.91 Å². The minimum atomic E-state index is -1.32. The van der Waals surface area contributed by atoms with E-state index in [9.17, 15) is 9.90 Å². The molecule has 1 N–H and O–H groups in total. The van der Waals surface area contributed by atoms with Crippen molar-refractivity contribution in [2.24, 2.45) is 17.8 Å². The third-order valence-corrected chi connectivity index (χ3v) is 11.1. The van der Waals surface area contributed by atoms with Crippen molar-refractivity contribution in [1.29, 1.82) is 0 Å². The van der Waals surface area contributed by atoms with Gasteiger partial charge < -0.3 is 24.5 Å². The van der Waals surface area contributed by atoms with E-state index in [2.05, 4.69) is 13.2 Å². The van der Waals surface area contributed by atoms with Gasteiger partial charge in [0.05, 0.1) is 40.8 Å². The van der Waals surface area contributed by atoms with Gasteiger partial charge in [0.1, 0.15) is 11.6 Å². The number of carbonyl (C=O) groups is 3. The monoisotopic (exact) mass is 681 g/mol. The maximum Gasteiger partial charge on any atom is 0.253 e. The summed E-state index contributed by atoms with van der Waals surface area (Å²) in [5.74, 6) is -2.94. The molecule has 3 unspecified atom stereocenters. The van der Waals surface area contributed by atoms with Crippen LogP contribution in [0.15, 0.2) is 110 Å². The molecule has 2 bridgehead atoms. The van der Waals surface area contributed by atoms with Crippen molar-refractivity contribution < 1.29 is 24.2 Å². The molecule has 3 saturated heterocycles. The maximum atomic E-state index is 15.2. The number of benzene rings is 3. The molecule has 0 radical (unpaired) electrons. The predicted octanol–water partition coefficient (Wildman–Crippen LogP) is 5.69. The zero-order chi connectivity index (χ0) is 34.9. The standard InChI is InChI=1S/C40H44ClN3O5/c1-5-21-42(25-29-17-11-8-12-18-29)36(46)33-34-37(47)44(30(26-45)23-28-15-9-7-10-16-28)35(40(34)24-27(3)39(33,4)49-40)38(48)43(22-6-2)32-20-14-13-19-31(32)41/h5-20,27,30,33-35,45H,1-2,21-26H2,3-4H3/t27?,30-,33+,34+,35?,39-,40?/m1/s1. The van der Waals surface area contributed by atoms with Crippen molar-refractivity contribution >= 4 is 35.0 Å². The largest absolute Gasteiger partial charge is 0.394 e. The molecule has 49 heavy (non-hydrogen) atoms. The molecule has 3 heterocycles. The van der Waals surface area contributed by atoms with Gasteiger partial charge in [-0.15, -0.1) is 13.2 Å². The Labute approximate surface area is 293 Å². The van der Waals surface area contributed by atoms with Crippen molar-refractivity contribution in [3.8, 4) is 0 Å². The van der Waals surface area contributed by atoms with E-state index in [0.29, 0.717) is 30.1 Å². The summed E-state index contributed by atoms with van der Waals surface area (Å²) in [7, 11) is 0. The zero-order valence-electron chi connectivity index (χ0n) is 28.1. The van der Waals surface area contributed by atoms with E-state index in [0.717, 1.165) is 11.1 Å². The lowest BCUT2D eigenvalue weighted by molar-refractivity contribution is -0.154. The summed E-state index contributed by atoms with van der Waals surface area (Å²) in [6.45, 7) is 12.1. The number of nitrogens with zero attached hydrogens (tertiary/aromatic N) is 3. The molecule has 7 atom stereocenters. The molecule has 8 nitrogen and oxygen atoms in total. The van der Waals surface area contributed by atoms with Crippen molar-refractivity contribution in [1.82, 2.24) is 9.80 Å². The van der Waals surface area contributed by atoms with Gasteiger partial charge in [0.2, 0.25) is 11.8 Å². The number of aliphatic hydroxyl groups excluding tert-OH is 1. The van der Waals surface area contributed by atoms with E-state index in [-0.39, 0.29) is 37.4 Å². The first-order valence-electron chi connectivity index (χ1n) is 16.9. The fourth-order valence-corrected chi connectivity index (χ4v) is 8.74. The lowest BCUT2D eigenvalue weighted by atomic mass is 9.62. The average Bonchev–Trinajstić information content (AvgIpc) is 3.62. The normalized spacial score (nSPS) is 27.4. The van der Waals surface area contributed by atoms with Crippen LogP contribution in [0.2, 0.25) is 5.02 Å². The van der Waals surface area contributed by atoms with Crippen molar-refractivity contribution in [2.45, 2.75) is 56.5 Å². The topological polar surface area (TPSA) is 90.4 Å². The van der Waals surface area contributed by atoms with Crippen LogP contribution in [0.4, 0.5) is 5.69 Å². The third kappa shape index (κ3) is 5.90. The van der Waals surface area contributed by atoms with Gasteiger partial charge in [-0.25, -0.2) is 0 Å². The summed E-state index contributed by atoms with van der Waals surface area (Å²) in [5, 5.41) is 11.3. The predicted molar refractivity (Wildman–Crippen MR) is 191 cm³/mol. The molecule has 3 aliphatic rings. The van der Waals surface area contributed by atoms with Gasteiger partial charge >= 0.3 is 0 Å². The summed E-state index contributed by atoms with van der Waals surface area (Å²) in [5.41, 5.74) is -0.00293. The number of amides is 3. The Hall–Kier alpha value is -4.24. The molecule has 3 aromatic carbocycles. The van der Waals surface area contributed by atoms with E-state index in [1.54, 1.807) is 41.3 Å². The first kappa shape index (κ1) is 34.6. The molecule has 3 fully saturated rings. The van der Waals surface area contributed by atoms with Gasteiger partial charge in [-0.05, 0) is 48.9 Å². The number of ether oxygens (including phenoxy) is 1. The van der Waals surface area contributed by atoms with Crippen LogP contribution in [0, 0.1) is 17.8 Å². The molecule has 0 aromatic heterocycles. The van der Waals surface area contributed by atoms with Gasteiger partial charge in [-0.1, -0.05) is 103 Å². The van der Waals surface area contributed by atoms with Crippen LogP contribution in [0.5, 0.6) is 0 Å². The number of anilines is 1. The molecular formula is C40H44ClN3O5. The van der Waals surface area contributed by atoms with Crippen LogP contribution < -0.4 is 4.90 Å². The number of rotatable bonds is 13. The third-order valence-electron chi connectivity index (χ3n) is 10.8.